The molecule has 2 aliphatic carbocycles. The number of amides is 1. The van der Waals surface area contributed by atoms with E-state index >= 15 is 0 Å². The van der Waals surface area contributed by atoms with E-state index in [2.05, 4.69) is 35.1 Å². The van der Waals surface area contributed by atoms with Gasteiger partial charge in [0.05, 0.1) is 35.7 Å². The van der Waals surface area contributed by atoms with Gasteiger partial charge >= 0.3 is 0 Å². The van der Waals surface area contributed by atoms with Gasteiger partial charge in [0, 0.05) is 28.5 Å². The van der Waals surface area contributed by atoms with E-state index in [1.54, 1.807) is 20.3 Å². The summed E-state index contributed by atoms with van der Waals surface area (Å²) in [6.07, 6.45) is 9.54. The van der Waals surface area contributed by atoms with Gasteiger partial charge in [-0.1, -0.05) is 42.8 Å². The standard InChI is InChI=1S/C25H25Cl2N3O3/c1-5-21(31)28-17-9-6-13(2)10-16(17)25-15-8-7-14(11-18(15)29-30-25)22-23(26)19(32-3)12-20(33-4)24(22)27/h5-6,9,11-13H,1,7-8,10H2,2-4H3,(H,28,31)(H,29,30)/t13-/m1/s1. The Hall–Kier alpha value is -2.96. The molecule has 1 heterocycles. The molecule has 33 heavy (non-hydrogen) atoms. The summed E-state index contributed by atoms with van der Waals surface area (Å²) in [5.41, 5.74) is 6.29. The molecule has 2 N–H and O–H groups in total. The quantitative estimate of drug-likeness (QED) is 0.504. The summed E-state index contributed by atoms with van der Waals surface area (Å²) in [5, 5.41) is 11.6. The molecule has 0 spiro atoms. The molecule has 0 saturated heterocycles. The zero-order valence-electron chi connectivity index (χ0n) is 18.7. The van der Waals surface area contributed by atoms with Crippen LogP contribution in [0.4, 0.5) is 0 Å². The zero-order valence-corrected chi connectivity index (χ0v) is 20.2. The maximum absolute atomic E-state index is 12.0. The Morgan fingerprint density at radius 3 is 2.58 bits per heavy atom. The van der Waals surface area contributed by atoms with E-state index in [0.717, 1.165) is 46.6 Å². The van der Waals surface area contributed by atoms with E-state index in [0.29, 0.717) is 39.4 Å². The fraction of sp³-hybridized carbons (Fsp3) is 0.280. The smallest absolute Gasteiger partial charge is 0.247 e. The van der Waals surface area contributed by atoms with Crippen LogP contribution in [-0.4, -0.2) is 30.3 Å². The van der Waals surface area contributed by atoms with Crippen molar-refractivity contribution in [3.05, 3.63) is 69.1 Å². The minimum atomic E-state index is -0.246. The fourth-order valence-corrected chi connectivity index (χ4v) is 5.00. The van der Waals surface area contributed by atoms with Crippen LogP contribution in [0, 0.1) is 5.92 Å². The van der Waals surface area contributed by atoms with Gasteiger partial charge in [-0.25, -0.2) is 0 Å². The first-order chi connectivity index (χ1) is 15.9. The molecule has 8 heteroatoms. The topological polar surface area (TPSA) is 76.2 Å². The summed E-state index contributed by atoms with van der Waals surface area (Å²) in [5.74, 6) is 1.10. The van der Waals surface area contributed by atoms with Crippen molar-refractivity contribution in [3.8, 4) is 11.5 Å². The molecule has 0 fully saturated rings. The zero-order chi connectivity index (χ0) is 23.7. The number of H-pyrrole nitrogens is 1. The lowest BCUT2D eigenvalue weighted by molar-refractivity contribution is -0.115. The van der Waals surface area contributed by atoms with Gasteiger partial charge in [-0.3, -0.25) is 9.89 Å². The van der Waals surface area contributed by atoms with Crippen molar-refractivity contribution in [3.63, 3.8) is 0 Å². The van der Waals surface area contributed by atoms with Crippen molar-refractivity contribution in [1.82, 2.24) is 15.5 Å². The van der Waals surface area contributed by atoms with Gasteiger partial charge in [-0.2, -0.15) is 5.10 Å². The first kappa shape index (κ1) is 23.2. The number of hydrogen-bond donors (Lipinski definition) is 2. The lowest BCUT2D eigenvalue weighted by atomic mass is 9.86. The van der Waals surface area contributed by atoms with E-state index < -0.39 is 0 Å². The number of methoxy groups -OCH3 is 2. The molecule has 6 nitrogen and oxygen atoms in total. The van der Waals surface area contributed by atoms with Gasteiger partial charge in [-0.15, -0.1) is 0 Å². The summed E-state index contributed by atoms with van der Waals surface area (Å²) >= 11 is 13.3. The molecule has 2 aliphatic rings. The van der Waals surface area contributed by atoms with Crippen LogP contribution < -0.4 is 14.8 Å². The lowest BCUT2D eigenvalue weighted by Gasteiger charge is -2.22. The predicted octanol–water partition coefficient (Wildman–Crippen LogP) is 5.83. The lowest BCUT2D eigenvalue weighted by Crippen LogP contribution is -2.22. The number of fused-ring (bicyclic) bond motifs is 1. The highest BCUT2D eigenvalue weighted by Gasteiger charge is 2.27. The Labute approximate surface area is 202 Å². The van der Waals surface area contributed by atoms with Gasteiger partial charge in [0.1, 0.15) is 11.5 Å². The number of allylic oxidation sites excluding steroid dienone is 4. The molecular weight excluding hydrogens is 461 g/mol. The van der Waals surface area contributed by atoms with Crippen molar-refractivity contribution in [1.29, 1.82) is 0 Å². The number of aromatic amines is 1. The Balaban J connectivity index is 1.79. The molecule has 1 aromatic heterocycles. The van der Waals surface area contributed by atoms with E-state index in [1.165, 1.54) is 6.08 Å². The van der Waals surface area contributed by atoms with Crippen molar-refractivity contribution >= 4 is 46.3 Å². The number of aromatic nitrogens is 2. The van der Waals surface area contributed by atoms with Gasteiger partial charge in [0.25, 0.3) is 0 Å². The third kappa shape index (κ3) is 4.33. The molecule has 4 rings (SSSR count). The molecule has 0 bridgehead atoms. The Kier molecular flexibility index (Phi) is 6.68. The minimum absolute atomic E-state index is 0.246. The van der Waals surface area contributed by atoms with Crippen LogP contribution >= 0.6 is 23.2 Å². The molecule has 0 unspecified atom stereocenters. The Morgan fingerprint density at radius 2 is 1.94 bits per heavy atom. The van der Waals surface area contributed by atoms with Crippen LogP contribution in [0.25, 0.3) is 17.2 Å². The molecule has 2 aromatic rings. The number of hydrogen-bond acceptors (Lipinski definition) is 4. The van der Waals surface area contributed by atoms with Gasteiger partial charge in [0.2, 0.25) is 5.91 Å². The first-order valence-electron chi connectivity index (χ1n) is 10.6. The van der Waals surface area contributed by atoms with Crippen molar-refractivity contribution in [2.45, 2.75) is 26.2 Å². The Bertz CT molecular complexity index is 1200. The fourth-order valence-electron chi connectivity index (χ4n) is 4.26. The molecule has 172 valence electrons. The average molecular weight is 486 g/mol. The van der Waals surface area contributed by atoms with E-state index in [-0.39, 0.29) is 5.91 Å². The van der Waals surface area contributed by atoms with Crippen molar-refractivity contribution < 1.29 is 14.3 Å². The third-order valence-electron chi connectivity index (χ3n) is 5.93. The average Bonchev–Trinajstić information content (AvgIpc) is 3.23. The number of carbonyl (C=O) groups excluding carboxylic acids is 1. The number of halogens is 2. The highest BCUT2D eigenvalue weighted by molar-refractivity contribution is 6.39. The van der Waals surface area contributed by atoms with E-state index in [4.69, 9.17) is 32.7 Å². The largest absolute Gasteiger partial charge is 0.495 e. The summed E-state index contributed by atoms with van der Waals surface area (Å²) in [7, 11) is 3.12. The summed E-state index contributed by atoms with van der Waals surface area (Å²) < 4.78 is 10.8. The molecule has 0 aliphatic heterocycles. The number of nitrogens with one attached hydrogen (secondary N) is 2. The van der Waals surface area contributed by atoms with Crippen LogP contribution in [0.2, 0.25) is 10.0 Å². The second-order valence-corrected chi connectivity index (χ2v) is 8.80. The molecule has 0 saturated carbocycles. The summed E-state index contributed by atoms with van der Waals surface area (Å²) in [4.78, 5) is 12.0. The maximum Gasteiger partial charge on any atom is 0.247 e. The molecular formula is C25H25Cl2N3O3. The van der Waals surface area contributed by atoms with Crippen molar-refractivity contribution in [2.24, 2.45) is 5.92 Å². The highest BCUT2D eigenvalue weighted by atomic mass is 35.5. The van der Waals surface area contributed by atoms with Crippen LogP contribution in [0.3, 0.4) is 0 Å². The number of ether oxygens (including phenoxy) is 2. The SMILES string of the molecule is C=CC(=O)NC1=C(c2n[nH]c3c2CCC(c2c(Cl)c(OC)cc(OC)c2Cl)=C3)C[C@H](C)C=C1. The van der Waals surface area contributed by atoms with Gasteiger partial charge in [-0.05, 0) is 49.0 Å². The van der Waals surface area contributed by atoms with Gasteiger partial charge < -0.3 is 14.8 Å². The number of rotatable bonds is 6. The second-order valence-electron chi connectivity index (χ2n) is 8.04. The monoisotopic (exact) mass is 485 g/mol. The minimum Gasteiger partial charge on any atom is -0.495 e. The first-order valence-corrected chi connectivity index (χ1v) is 11.4. The molecule has 1 atom stereocenters. The second kappa shape index (κ2) is 9.49. The predicted molar refractivity (Wildman–Crippen MR) is 133 cm³/mol. The third-order valence-corrected chi connectivity index (χ3v) is 6.68. The molecule has 1 aromatic carbocycles. The van der Waals surface area contributed by atoms with Crippen molar-refractivity contribution in [2.75, 3.05) is 14.2 Å². The summed E-state index contributed by atoms with van der Waals surface area (Å²) in [6.45, 7) is 5.69. The maximum atomic E-state index is 12.0. The van der Waals surface area contributed by atoms with E-state index in [9.17, 15) is 4.79 Å². The number of carbonyl (C=O) groups is 1. The highest BCUT2D eigenvalue weighted by Crippen LogP contribution is 2.47. The van der Waals surface area contributed by atoms with E-state index in [1.807, 2.05) is 12.2 Å². The Morgan fingerprint density at radius 1 is 1.24 bits per heavy atom. The number of nitrogens with zero attached hydrogens (tertiary/aromatic N) is 1. The molecule has 0 radical (unpaired) electrons. The van der Waals surface area contributed by atoms with Crippen LogP contribution in [0.5, 0.6) is 11.5 Å². The van der Waals surface area contributed by atoms with Crippen LogP contribution in [0.1, 0.15) is 42.3 Å². The van der Waals surface area contributed by atoms with Crippen LogP contribution in [-0.2, 0) is 11.2 Å². The number of benzene rings is 1. The molecule has 1 amide bonds. The van der Waals surface area contributed by atoms with Crippen LogP contribution in [0.15, 0.2) is 36.6 Å². The normalized spacial score (nSPS) is 17.4. The van der Waals surface area contributed by atoms with Gasteiger partial charge in [0.15, 0.2) is 0 Å². The summed E-state index contributed by atoms with van der Waals surface area (Å²) in [6, 6.07) is 1.68.